The van der Waals surface area contributed by atoms with E-state index in [1.54, 1.807) is 0 Å². The van der Waals surface area contributed by atoms with Gasteiger partial charge in [-0.05, 0) is 38.3 Å². The Labute approximate surface area is 120 Å². The Morgan fingerprint density at radius 2 is 1.89 bits per heavy atom. The molecule has 2 saturated heterocycles. The van der Waals surface area contributed by atoms with Gasteiger partial charge in [0.2, 0.25) is 11.8 Å². The lowest BCUT2D eigenvalue weighted by Crippen LogP contribution is -2.51. The van der Waals surface area contributed by atoms with E-state index in [1.165, 1.54) is 6.42 Å². The number of halogens is 1. The first-order valence-corrected chi connectivity index (χ1v) is 6.94. The zero-order valence-electron chi connectivity index (χ0n) is 11.5. The van der Waals surface area contributed by atoms with Gasteiger partial charge in [-0.25, -0.2) is 0 Å². The van der Waals surface area contributed by atoms with Crippen LogP contribution in [0, 0.1) is 11.8 Å². The zero-order valence-corrected chi connectivity index (χ0v) is 12.3. The quantitative estimate of drug-likeness (QED) is 0.787. The largest absolute Gasteiger partial charge is 0.347 e. The topological polar surface area (TPSA) is 61.4 Å². The van der Waals surface area contributed by atoms with Crippen molar-refractivity contribution in [1.29, 1.82) is 0 Å². The van der Waals surface area contributed by atoms with Gasteiger partial charge in [-0.2, -0.15) is 0 Å². The number of hydrogen-bond donors (Lipinski definition) is 2. The van der Waals surface area contributed by atoms with Crippen molar-refractivity contribution >= 4 is 24.2 Å². The minimum Gasteiger partial charge on any atom is -0.347 e. The van der Waals surface area contributed by atoms with Crippen molar-refractivity contribution in [1.82, 2.24) is 15.5 Å². The number of rotatable bonds is 4. The highest BCUT2D eigenvalue weighted by molar-refractivity contribution is 5.86. The van der Waals surface area contributed by atoms with E-state index >= 15 is 0 Å². The molecule has 0 radical (unpaired) electrons. The SMILES string of the molecule is CC(C(=O)NCC(=O)N1CCCCC1)C1CNC1.Cl. The second-order valence-corrected chi connectivity index (χ2v) is 5.37. The fourth-order valence-electron chi connectivity index (χ4n) is 2.46. The van der Waals surface area contributed by atoms with Crippen molar-refractivity contribution < 1.29 is 9.59 Å². The molecule has 0 spiro atoms. The first kappa shape index (κ1) is 16.2. The minimum atomic E-state index is 0. The van der Waals surface area contributed by atoms with E-state index in [9.17, 15) is 9.59 Å². The third kappa shape index (κ3) is 4.35. The van der Waals surface area contributed by atoms with Gasteiger partial charge in [0.15, 0.2) is 0 Å². The molecule has 0 aromatic heterocycles. The lowest BCUT2D eigenvalue weighted by atomic mass is 9.88. The lowest BCUT2D eigenvalue weighted by Gasteiger charge is -2.32. The monoisotopic (exact) mass is 289 g/mol. The van der Waals surface area contributed by atoms with Crippen LogP contribution in [0.25, 0.3) is 0 Å². The van der Waals surface area contributed by atoms with Crippen LogP contribution in [0.2, 0.25) is 0 Å². The van der Waals surface area contributed by atoms with E-state index in [0.717, 1.165) is 39.0 Å². The molecule has 2 heterocycles. The molecule has 2 N–H and O–H groups in total. The molecule has 0 aromatic carbocycles. The minimum absolute atomic E-state index is 0. The maximum atomic E-state index is 11.9. The lowest BCUT2D eigenvalue weighted by molar-refractivity contribution is -0.135. The van der Waals surface area contributed by atoms with Crippen molar-refractivity contribution in [2.24, 2.45) is 11.8 Å². The number of nitrogens with zero attached hydrogens (tertiary/aromatic N) is 1. The number of carbonyl (C=O) groups is 2. The molecule has 0 saturated carbocycles. The average Bonchev–Trinajstić information content (AvgIpc) is 2.34. The van der Waals surface area contributed by atoms with Crippen LogP contribution < -0.4 is 10.6 Å². The van der Waals surface area contributed by atoms with Gasteiger partial charge < -0.3 is 15.5 Å². The predicted octanol–water partition coefficient (Wildman–Crippen LogP) is 0.392. The van der Waals surface area contributed by atoms with Crippen LogP contribution in [-0.4, -0.2) is 49.4 Å². The Kier molecular flexibility index (Phi) is 6.58. The normalized spacial score (nSPS) is 21.0. The molecule has 2 aliphatic heterocycles. The van der Waals surface area contributed by atoms with E-state index in [4.69, 9.17) is 0 Å². The molecule has 2 amide bonds. The van der Waals surface area contributed by atoms with E-state index in [1.807, 2.05) is 11.8 Å². The Hall–Kier alpha value is -0.810. The zero-order chi connectivity index (χ0) is 13.0. The summed E-state index contributed by atoms with van der Waals surface area (Å²) in [7, 11) is 0. The number of nitrogens with one attached hydrogen (secondary N) is 2. The average molecular weight is 290 g/mol. The Balaban J connectivity index is 0.00000180. The first-order valence-electron chi connectivity index (χ1n) is 6.94. The van der Waals surface area contributed by atoms with Gasteiger partial charge in [0.25, 0.3) is 0 Å². The van der Waals surface area contributed by atoms with Crippen molar-refractivity contribution in [2.45, 2.75) is 26.2 Å². The van der Waals surface area contributed by atoms with E-state index in [0.29, 0.717) is 5.92 Å². The first-order chi connectivity index (χ1) is 8.68. The van der Waals surface area contributed by atoms with Gasteiger partial charge >= 0.3 is 0 Å². The molecule has 0 aromatic rings. The number of amides is 2. The molecule has 5 nitrogen and oxygen atoms in total. The maximum Gasteiger partial charge on any atom is 0.241 e. The van der Waals surface area contributed by atoms with Crippen molar-refractivity contribution in [3.05, 3.63) is 0 Å². The van der Waals surface area contributed by atoms with E-state index in [-0.39, 0.29) is 36.7 Å². The summed E-state index contributed by atoms with van der Waals surface area (Å²) < 4.78 is 0. The Morgan fingerprint density at radius 3 is 2.42 bits per heavy atom. The summed E-state index contributed by atoms with van der Waals surface area (Å²) in [5.74, 6) is 0.490. The third-order valence-corrected chi connectivity index (χ3v) is 4.06. The van der Waals surface area contributed by atoms with Gasteiger partial charge in [-0.3, -0.25) is 9.59 Å². The van der Waals surface area contributed by atoms with Crippen LogP contribution in [0.1, 0.15) is 26.2 Å². The molecular formula is C13H24ClN3O2. The van der Waals surface area contributed by atoms with Gasteiger partial charge in [0.1, 0.15) is 0 Å². The fourth-order valence-corrected chi connectivity index (χ4v) is 2.46. The van der Waals surface area contributed by atoms with Gasteiger partial charge in [0.05, 0.1) is 6.54 Å². The van der Waals surface area contributed by atoms with Crippen LogP contribution in [0.5, 0.6) is 0 Å². The molecule has 0 bridgehead atoms. The number of likely N-dealkylation sites (tertiary alicyclic amines) is 1. The van der Waals surface area contributed by atoms with Crippen LogP contribution in [0.4, 0.5) is 0 Å². The second-order valence-electron chi connectivity index (χ2n) is 5.37. The summed E-state index contributed by atoms with van der Waals surface area (Å²) in [4.78, 5) is 25.6. The summed E-state index contributed by atoms with van der Waals surface area (Å²) in [6.07, 6.45) is 3.38. The predicted molar refractivity (Wildman–Crippen MR) is 76.2 cm³/mol. The molecular weight excluding hydrogens is 266 g/mol. The molecule has 19 heavy (non-hydrogen) atoms. The molecule has 2 fully saturated rings. The molecule has 0 aliphatic carbocycles. The highest BCUT2D eigenvalue weighted by atomic mass is 35.5. The highest BCUT2D eigenvalue weighted by Gasteiger charge is 2.29. The number of carbonyl (C=O) groups excluding carboxylic acids is 2. The number of piperidine rings is 1. The van der Waals surface area contributed by atoms with Gasteiger partial charge in [-0.1, -0.05) is 6.92 Å². The molecule has 110 valence electrons. The summed E-state index contributed by atoms with van der Waals surface area (Å²) in [6.45, 7) is 5.60. The van der Waals surface area contributed by atoms with Crippen LogP contribution in [-0.2, 0) is 9.59 Å². The van der Waals surface area contributed by atoms with Gasteiger partial charge in [0, 0.05) is 19.0 Å². The summed E-state index contributed by atoms with van der Waals surface area (Å²) in [5, 5.41) is 5.93. The van der Waals surface area contributed by atoms with Crippen LogP contribution in [0.3, 0.4) is 0 Å². The van der Waals surface area contributed by atoms with Crippen molar-refractivity contribution in [3.8, 4) is 0 Å². The second kappa shape index (κ2) is 7.70. The Bertz CT molecular complexity index is 301. The molecule has 2 rings (SSSR count). The van der Waals surface area contributed by atoms with Gasteiger partial charge in [-0.15, -0.1) is 12.4 Å². The summed E-state index contributed by atoms with van der Waals surface area (Å²) in [5.41, 5.74) is 0. The van der Waals surface area contributed by atoms with E-state index in [2.05, 4.69) is 10.6 Å². The standard InChI is InChI=1S/C13H23N3O2.ClH/c1-10(11-7-14-8-11)13(18)15-9-12(17)16-5-3-2-4-6-16;/h10-11,14H,2-9H2,1H3,(H,15,18);1H. The molecule has 6 heteroatoms. The Morgan fingerprint density at radius 1 is 1.26 bits per heavy atom. The van der Waals surface area contributed by atoms with Crippen LogP contribution >= 0.6 is 12.4 Å². The molecule has 2 aliphatic rings. The summed E-state index contributed by atoms with van der Waals surface area (Å²) >= 11 is 0. The van der Waals surface area contributed by atoms with E-state index < -0.39 is 0 Å². The number of hydrogen-bond acceptors (Lipinski definition) is 3. The molecule has 1 unspecified atom stereocenters. The summed E-state index contributed by atoms with van der Waals surface area (Å²) in [6, 6.07) is 0. The fraction of sp³-hybridized carbons (Fsp3) is 0.846. The smallest absolute Gasteiger partial charge is 0.241 e. The highest BCUT2D eigenvalue weighted by Crippen LogP contribution is 2.15. The molecule has 1 atom stereocenters. The van der Waals surface area contributed by atoms with Crippen LogP contribution in [0.15, 0.2) is 0 Å². The third-order valence-electron chi connectivity index (χ3n) is 4.06. The maximum absolute atomic E-state index is 11.9. The van der Waals surface area contributed by atoms with Crippen molar-refractivity contribution in [3.63, 3.8) is 0 Å². The van der Waals surface area contributed by atoms with Crippen molar-refractivity contribution in [2.75, 3.05) is 32.7 Å².